The summed E-state index contributed by atoms with van der Waals surface area (Å²) in [7, 11) is -3.06. The zero-order valence-corrected chi connectivity index (χ0v) is 19.9. The van der Waals surface area contributed by atoms with Crippen LogP contribution in [0.2, 0.25) is 30.7 Å². The van der Waals surface area contributed by atoms with Gasteiger partial charge in [-0.2, -0.15) is 0 Å². The highest BCUT2D eigenvalue weighted by Gasteiger charge is 2.36. The van der Waals surface area contributed by atoms with Crippen LogP contribution >= 0.6 is 0 Å². The van der Waals surface area contributed by atoms with Crippen LogP contribution in [0, 0.1) is 0 Å². The van der Waals surface area contributed by atoms with Gasteiger partial charge >= 0.3 is 8.56 Å². The number of hydrogen-bond donors (Lipinski definition) is 0. The van der Waals surface area contributed by atoms with Crippen LogP contribution in [0.4, 0.5) is 0 Å². The third-order valence-corrected chi connectivity index (χ3v) is 15.1. The lowest BCUT2D eigenvalue weighted by Gasteiger charge is -2.46. The molecule has 0 amide bonds. The first-order chi connectivity index (χ1) is 12.0. The number of unbranched alkanes of at least 4 members (excludes halogenated alkanes) is 1. The molecular weight excluding hydrogens is 344 g/mol. The smallest absolute Gasteiger partial charge is 0.334 e. The van der Waals surface area contributed by atoms with E-state index in [1.165, 1.54) is 63.7 Å². The zero-order chi connectivity index (χ0) is 18.8. The largest absolute Gasteiger partial charge is 0.395 e. The molecule has 0 aliphatic carbocycles. The van der Waals surface area contributed by atoms with Gasteiger partial charge < -0.3 is 18.3 Å². The lowest BCUT2D eigenvalue weighted by atomic mass is 10.3. The third kappa shape index (κ3) is 7.07. The van der Waals surface area contributed by atoms with Crippen LogP contribution in [-0.4, -0.2) is 72.2 Å². The summed E-state index contributed by atoms with van der Waals surface area (Å²) in [6.45, 7) is 21.6. The Morgan fingerprint density at radius 1 is 0.760 bits per heavy atom. The van der Waals surface area contributed by atoms with Gasteiger partial charge in [0.1, 0.15) is 8.24 Å². The summed E-state index contributed by atoms with van der Waals surface area (Å²) in [5, 5.41) is 0. The summed E-state index contributed by atoms with van der Waals surface area (Å²) < 4.78 is 14.8. The average Bonchev–Trinajstić information content (AvgIpc) is 2.62. The van der Waals surface area contributed by atoms with Gasteiger partial charge in [-0.05, 0) is 57.5 Å². The van der Waals surface area contributed by atoms with E-state index in [0.717, 1.165) is 19.3 Å². The fourth-order valence-corrected chi connectivity index (χ4v) is 10.9. The fourth-order valence-electron chi connectivity index (χ4n) is 4.44. The van der Waals surface area contributed by atoms with Crippen LogP contribution in [0.25, 0.3) is 0 Å². The van der Waals surface area contributed by atoms with E-state index in [1.807, 2.05) is 0 Å². The zero-order valence-electron chi connectivity index (χ0n) is 17.9. The SMILES string of the molecule is CCO[Si](C)(CCCCN1CCN([Si](CC)(CC)CC)CC1)OCC. The highest BCUT2D eigenvalue weighted by Crippen LogP contribution is 2.26. The second kappa shape index (κ2) is 11.9. The predicted molar refractivity (Wildman–Crippen MR) is 114 cm³/mol. The maximum Gasteiger partial charge on any atom is 0.334 e. The molecule has 1 aliphatic heterocycles. The van der Waals surface area contributed by atoms with Crippen molar-refractivity contribution in [2.24, 2.45) is 0 Å². The minimum absolute atomic E-state index is 0.780. The van der Waals surface area contributed by atoms with Crippen LogP contribution in [0.15, 0.2) is 0 Å². The monoisotopic (exact) mass is 388 g/mol. The van der Waals surface area contributed by atoms with Crippen molar-refractivity contribution in [2.45, 2.75) is 78.2 Å². The molecule has 0 aromatic rings. The number of nitrogens with zero attached hydrogens (tertiary/aromatic N) is 2. The number of piperazine rings is 1. The van der Waals surface area contributed by atoms with Gasteiger partial charge in [0.25, 0.3) is 0 Å². The van der Waals surface area contributed by atoms with E-state index in [4.69, 9.17) is 8.85 Å². The van der Waals surface area contributed by atoms with E-state index in [2.05, 4.69) is 50.6 Å². The Hall–Kier alpha value is 0.274. The summed E-state index contributed by atoms with van der Waals surface area (Å²) in [5.41, 5.74) is 0. The summed E-state index contributed by atoms with van der Waals surface area (Å²) in [4.78, 5) is 2.68. The Balaban J connectivity index is 2.31. The molecule has 0 unspecified atom stereocenters. The highest BCUT2D eigenvalue weighted by molar-refractivity contribution is 6.77. The molecule has 0 bridgehead atoms. The Morgan fingerprint density at radius 3 is 1.72 bits per heavy atom. The molecule has 0 N–H and O–H groups in total. The van der Waals surface area contributed by atoms with Crippen LogP contribution < -0.4 is 0 Å². The predicted octanol–water partition coefficient (Wildman–Crippen LogP) is 4.53. The minimum atomic E-state index is -1.91. The van der Waals surface area contributed by atoms with E-state index in [9.17, 15) is 0 Å². The van der Waals surface area contributed by atoms with Gasteiger partial charge in [-0.25, -0.2) is 0 Å². The van der Waals surface area contributed by atoms with E-state index >= 15 is 0 Å². The van der Waals surface area contributed by atoms with Crippen LogP contribution in [0.1, 0.15) is 47.5 Å². The molecule has 1 heterocycles. The van der Waals surface area contributed by atoms with Crippen molar-refractivity contribution in [3.05, 3.63) is 0 Å². The van der Waals surface area contributed by atoms with Crippen molar-refractivity contribution in [3.63, 3.8) is 0 Å². The van der Waals surface area contributed by atoms with Crippen molar-refractivity contribution in [1.82, 2.24) is 9.47 Å². The number of rotatable bonds is 13. The van der Waals surface area contributed by atoms with E-state index < -0.39 is 16.8 Å². The van der Waals surface area contributed by atoms with Gasteiger partial charge in [0.2, 0.25) is 0 Å². The van der Waals surface area contributed by atoms with Crippen LogP contribution in [0.3, 0.4) is 0 Å². The van der Waals surface area contributed by atoms with Gasteiger partial charge in [-0.1, -0.05) is 27.2 Å². The molecule has 0 aromatic heterocycles. The molecule has 4 nitrogen and oxygen atoms in total. The molecule has 0 radical (unpaired) electrons. The Kier molecular flexibility index (Phi) is 11.1. The summed E-state index contributed by atoms with van der Waals surface area (Å²) >= 11 is 0. The molecule has 0 saturated carbocycles. The van der Waals surface area contributed by atoms with Gasteiger partial charge in [0.15, 0.2) is 0 Å². The van der Waals surface area contributed by atoms with Crippen LogP contribution in [-0.2, 0) is 8.85 Å². The first kappa shape index (κ1) is 23.3. The van der Waals surface area contributed by atoms with Crippen molar-refractivity contribution in [3.8, 4) is 0 Å². The summed E-state index contributed by atoms with van der Waals surface area (Å²) in [5.74, 6) is 0. The lowest BCUT2D eigenvalue weighted by Crippen LogP contribution is -2.59. The molecule has 150 valence electrons. The number of hydrogen-bond acceptors (Lipinski definition) is 4. The first-order valence-corrected chi connectivity index (χ1v) is 15.8. The second-order valence-corrected chi connectivity index (χ2v) is 16.1. The molecule has 0 aromatic carbocycles. The highest BCUT2D eigenvalue weighted by atomic mass is 28.4. The molecule has 0 atom stereocenters. The summed E-state index contributed by atoms with van der Waals surface area (Å²) in [6, 6.07) is 5.38. The van der Waals surface area contributed by atoms with E-state index in [0.29, 0.717) is 0 Å². The van der Waals surface area contributed by atoms with Gasteiger partial charge in [0, 0.05) is 39.4 Å². The molecular formula is C19H44N2O2Si2. The summed E-state index contributed by atoms with van der Waals surface area (Å²) in [6.07, 6.45) is 2.52. The lowest BCUT2D eigenvalue weighted by molar-refractivity contribution is 0.174. The van der Waals surface area contributed by atoms with Gasteiger partial charge in [-0.3, -0.25) is 0 Å². The fraction of sp³-hybridized carbons (Fsp3) is 1.00. The minimum Gasteiger partial charge on any atom is -0.395 e. The van der Waals surface area contributed by atoms with Gasteiger partial charge in [-0.15, -0.1) is 0 Å². The third-order valence-electron chi connectivity index (χ3n) is 6.27. The molecule has 1 aliphatic rings. The maximum atomic E-state index is 5.95. The van der Waals surface area contributed by atoms with Crippen molar-refractivity contribution in [1.29, 1.82) is 0 Å². The van der Waals surface area contributed by atoms with Crippen molar-refractivity contribution in [2.75, 3.05) is 45.9 Å². The van der Waals surface area contributed by atoms with E-state index in [1.54, 1.807) is 0 Å². The second-order valence-electron chi connectivity index (χ2n) is 7.57. The van der Waals surface area contributed by atoms with Crippen LogP contribution in [0.5, 0.6) is 0 Å². The van der Waals surface area contributed by atoms with Crippen molar-refractivity contribution < 1.29 is 8.85 Å². The average molecular weight is 389 g/mol. The van der Waals surface area contributed by atoms with Gasteiger partial charge in [0.05, 0.1) is 0 Å². The normalized spacial score (nSPS) is 18.0. The Morgan fingerprint density at radius 2 is 1.28 bits per heavy atom. The molecule has 1 fully saturated rings. The molecule has 25 heavy (non-hydrogen) atoms. The standard InChI is InChI=1S/C19H44N2O2Si2/c1-7-22-24(6,23-8-2)19-13-12-14-20-15-17-21(18-16-20)25(9-3,10-4)11-5/h7-19H2,1-6H3. The molecule has 6 heteroatoms. The quantitative estimate of drug-likeness (QED) is 0.342. The molecule has 1 saturated heterocycles. The van der Waals surface area contributed by atoms with Crippen molar-refractivity contribution >= 4 is 16.8 Å². The van der Waals surface area contributed by atoms with E-state index in [-0.39, 0.29) is 0 Å². The first-order valence-electron chi connectivity index (χ1n) is 10.7. The maximum absolute atomic E-state index is 5.95. The molecule has 1 rings (SSSR count). The topological polar surface area (TPSA) is 24.9 Å². The Labute approximate surface area is 159 Å². The Bertz CT molecular complexity index is 332. The molecule has 0 spiro atoms.